The monoisotopic (exact) mass is 477 g/mol. The van der Waals surface area contributed by atoms with Crippen molar-refractivity contribution in [2.24, 2.45) is 0 Å². The van der Waals surface area contributed by atoms with E-state index >= 15 is 0 Å². The maximum absolute atomic E-state index is 13.6. The van der Waals surface area contributed by atoms with E-state index in [1.807, 2.05) is 61.5 Å². The molecule has 0 radical (unpaired) electrons. The summed E-state index contributed by atoms with van der Waals surface area (Å²) in [6.07, 6.45) is 3.63. The van der Waals surface area contributed by atoms with Crippen LogP contribution in [0.5, 0.6) is 11.5 Å². The second kappa shape index (κ2) is 9.73. The summed E-state index contributed by atoms with van der Waals surface area (Å²) in [4.78, 5) is 13.3. The summed E-state index contributed by atoms with van der Waals surface area (Å²) in [5.41, 5.74) is 2.51. The summed E-state index contributed by atoms with van der Waals surface area (Å²) >= 11 is 0. The zero-order valence-corrected chi connectivity index (χ0v) is 20.2. The van der Waals surface area contributed by atoms with E-state index in [1.54, 1.807) is 32.4 Å². The molecule has 0 bridgehead atoms. The minimum atomic E-state index is -4.07. The molecule has 3 aromatic carbocycles. The molecule has 1 saturated heterocycles. The van der Waals surface area contributed by atoms with Crippen LogP contribution >= 0.6 is 0 Å². The number of rotatable bonds is 7. The summed E-state index contributed by atoms with van der Waals surface area (Å²) in [5, 5.41) is 0. The molecule has 6 nitrogen and oxygen atoms in total. The van der Waals surface area contributed by atoms with E-state index in [-0.39, 0.29) is 11.3 Å². The van der Waals surface area contributed by atoms with Gasteiger partial charge in [0.1, 0.15) is 11.5 Å². The molecule has 1 heterocycles. The zero-order chi connectivity index (χ0) is 24.3. The maximum Gasteiger partial charge on any atom is 0.267 e. The highest BCUT2D eigenvalue weighted by atomic mass is 32.2. The highest BCUT2D eigenvalue weighted by Crippen LogP contribution is 2.42. The van der Waals surface area contributed by atoms with Crippen LogP contribution in [0.2, 0.25) is 0 Å². The number of nitrogens with zero attached hydrogens (tertiary/aromatic N) is 1. The van der Waals surface area contributed by atoms with Crippen LogP contribution in [0.1, 0.15) is 29.0 Å². The van der Waals surface area contributed by atoms with Crippen LogP contribution in [0.25, 0.3) is 6.08 Å². The largest absolute Gasteiger partial charge is 0.496 e. The fourth-order valence-corrected chi connectivity index (χ4v) is 5.92. The van der Waals surface area contributed by atoms with Crippen LogP contribution in [0, 0.1) is 6.92 Å². The summed E-state index contributed by atoms with van der Waals surface area (Å²) in [6, 6.07) is 20.6. The van der Waals surface area contributed by atoms with Gasteiger partial charge in [-0.15, -0.1) is 0 Å². The second-order valence-electron chi connectivity index (χ2n) is 8.15. The van der Waals surface area contributed by atoms with E-state index in [2.05, 4.69) is 0 Å². The first-order chi connectivity index (χ1) is 16.4. The van der Waals surface area contributed by atoms with E-state index in [4.69, 9.17) is 9.47 Å². The van der Waals surface area contributed by atoms with Crippen molar-refractivity contribution in [2.45, 2.75) is 30.2 Å². The van der Waals surface area contributed by atoms with Crippen molar-refractivity contribution in [3.63, 3.8) is 0 Å². The fraction of sp³-hybridized carbons (Fsp3) is 0.222. The molecular weight excluding hydrogens is 450 g/mol. The summed E-state index contributed by atoms with van der Waals surface area (Å²) in [7, 11) is -0.927. The Labute approximate surface area is 200 Å². The molecule has 1 amide bonds. The van der Waals surface area contributed by atoms with Gasteiger partial charge in [0.05, 0.1) is 25.2 Å². The van der Waals surface area contributed by atoms with Crippen molar-refractivity contribution in [3.8, 4) is 11.5 Å². The first kappa shape index (κ1) is 23.6. The Morgan fingerprint density at radius 1 is 0.882 bits per heavy atom. The van der Waals surface area contributed by atoms with Crippen molar-refractivity contribution in [1.82, 2.24) is 4.31 Å². The standard InChI is InChI=1S/C27H27NO5S/c1-19-12-15-21(16-13-19)34(30,31)28-24(17-14-20-8-4-6-10-25(20)32-2)23(18-27(28)29)22-9-5-7-11-26(22)33-3/h4-17,23-24H,18H2,1-3H3/b17-14+/t23-,24-/m1/s1. The molecule has 0 saturated carbocycles. The third-order valence-electron chi connectivity index (χ3n) is 6.05. The van der Waals surface area contributed by atoms with Crippen molar-refractivity contribution in [1.29, 1.82) is 0 Å². The fourth-order valence-electron chi connectivity index (χ4n) is 4.33. The predicted molar refractivity (Wildman–Crippen MR) is 131 cm³/mol. The summed E-state index contributed by atoms with van der Waals surface area (Å²) in [5.74, 6) is 0.413. The number of sulfonamides is 1. The molecular formula is C27H27NO5S. The van der Waals surface area contributed by atoms with Crippen molar-refractivity contribution >= 4 is 22.0 Å². The highest BCUT2D eigenvalue weighted by molar-refractivity contribution is 7.89. The average Bonchev–Trinajstić information content (AvgIpc) is 3.19. The normalized spacial score (nSPS) is 18.4. The molecule has 0 aromatic heterocycles. The first-order valence-corrected chi connectivity index (χ1v) is 12.4. The lowest BCUT2D eigenvalue weighted by Gasteiger charge is -2.26. The Balaban J connectivity index is 1.83. The Bertz CT molecular complexity index is 1310. The molecule has 1 aliphatic rings. The number of carbonyl (C=O) groups is 1. The Kier molecular flexibility index (Phi) is 6.75. The van der Waals surface area contributed by atoms with Gasteiger partial charge in [-0.05, 0) is 31.2 Å². The van der Waals surface area contributed by atoms with Crippen LogP contribution in [0.15, 0.2) is 83.8 Å². The average molecular weight is 478 g/mol. The number of methoxy groups -OCH3 is 2. The molecule has 176 valence electrons. The second-order valence-corrected chi connectivity index (χ2v) is 9.97. The summed E-state index contributed by atoms with van der Waals surface area (Å²) in [6.45, 7) is 1.88. The predicted octanol–water partition coefficient (Wildman–Crippen LogP) is 4.80. The number of aryl methyl sites for hydroxylation is 1. The molecule has 4 rings (SSSR count). The lowest BCUT2D eigenvalue weighted by atomic mass is 9.90. The third kappa shape index (κ3) is 4.43. The van der Waals surface area contributed by atoms with Crippen LogP contribution < -0.4 is 9.47 Å². The van der Waals surface area contributed by atoms with Gasteiger partial charge in [-0.3, -0.25) is 4.79 Å². The Morgan fingerprint density at radius 3 is 2.18 bits per heavy atom. The van der Waals surface area contributed by atoms with Gasteiger partial charge >= 0.3 is 0 Å². The quantitative estimate of drug-likeness (QED) is 0.489. The number of benzene rings is 3. The molecule has 34 heavy (non-hydrogen) atoms. The number of hydrogen-bond acceptors (Lipinski definition) is 5. The molecule has 2 atom stereocenters. The van der Waals surface area contributed by atoms with Gasteiger partial charge in [0, 0.05) is 23.5 Å². The lowest BCUT2D eigenvalue weighted by molar-refractivity contribution is -0.124. The van der Waals surface area contributed by atoms with Gasteiger partial charge in [-0.1, -0.05) is 66.2 Å². The molecule has 0 aliphatic carbocycles. The Hall–Kier alpha value is -3.58. The zero-order valence-electron chi connectivity index (χ0n) is 19.3. The van der Waals surface area contributed by atoms with Gasteiger partial charge < -0.3 is 9.47 Å². The molecule has 1 fully saturated rings. The summed E-state index contributed by atoms with van der Waals surface area (Å²) < 4.78 is 39.3. The minimum absolute atomic E-state index is 0.0480. The van der Waals surface area contributed by atoms with E-state index < -0.39 is 27.9 Å². The first-order valence-electron chi connectivity index (χ1n) is 10.9. The van der Waals surface area contributed by atoms with E-state index in [0.717, 1.165) is 21.0 Å². The number of carbonyl (C=O) groups excluding carboxylic acids is 1. The molecule has 7 heteroatoms. The minimum Gasteiger partial charge on any atom is -0.496 e. The van der Waals surface area contributed by atoms with E-state index in [1.165, 1.54) is 12.1 Å². The van der Waals surface area contributed by atoms with Crippen LogP contribution in [0.4, 0.5) is 0 Å². The molecule has 0 spiro atoms. The third-order valence-corrected chi connectivity index (χ3v) is 7.88. The number of ether oxygens (including phenoxy) is 2. The SMILES string of the molecule is COc1ccccc1/C=C/[C@@H]1[C@@H](c2ccccc2OC)CC(=O)N1S(=O)(=O)c1ccc(C)cc1. The van der Waals surface area contributed by atoms with Gasteiger partial charge in [0.25, 0.3) is 10.0 Å². The van der Waals surface area contributed by atoms with Crippen LogP contribution in [-0.2, 0) is 14.8 Å². The van der Waals surface area contributed by atoms with Crippen molar-refractivity contribution < 1.29 is 22.7 Å². The smallest absolute Gasteiger partial charge is 0.267 e. The molecule has 1 aliphatic heterocycles. The topological polar surface area (TPSA) is 72.9 Å². The van der Waals surface area contributed by atoms with Gasteiger partial charge in [-0.2, -0.15) is 0 Å². The van der Waals surface area contributed by atoms with E-state index in [9.17, 15) is 13.2 Å². The molecule has 0 unspecified atom stereocenters. The Morgan fingerprint density at radius 2 is 1.50 bits per heavy atom. The number of para-hydroxylation sites is 2. The highest BCUT2D eigenvalue weighted by Gasteiger charge is 2.46. The number of hydrogen-bond donors (Lipinski definition) is 0. The van der Waals surface area contributed by atoms with Crippen LogP contribution in [0.3, 0.4) is 0 Å². The van der Waals surface area contributed by atoms with Gasteiger partial charge in [0.2, 0.25) is 5.91 Å². The van der Waals surface area contributed by atoms with Crippen LogP contribution in [-0.4, -0.2) is 38.9 Å². The molecule has 0 N–H and O–H groups in total. The molecule has 3 aromatic rings. The number of amides is 1. The van der Waals surface area contributed by atoms with Gasteiger partial charge in [-0.25, -0.2) is 12.7 Å². The van der Waals surface area contributed by atoms with Crippen molar-refractivity contribution in [2.75, 3.05) is 14.2 Å². The van der Waals surface area contributed by atoms with Gasteiger partial charge in [0.15, 0.2) is 0 Å². The van der Waals surface area contributed by atoms with Crippen molar-refractivity contribution in [3.05, 3.63) is 95.6 Å². The lowest BCUT2D eigenvalue weighted by Crippen LogP contribution is -2.39. The van der Waals surface area contributed by atoms with E-state index in [0.29, 0.717) is 11.5 Å². The maximum atomic E-state index is 13.6.